The van der Waals surface area contributed by atoms with Gasteiger partial charge in [-0.2, -0.15) is 0 Å². The first-order valence-electron chi connectivity index (χ1n) is 6.21. The van der Waals surface area contributed by atoms with Gasteiger partial charge in [-0.25, -0.2) is 22.9 Å². The van der Waals surface area contributed by atoms with Crippen molar-refractivity contribution >= 4 is 15.8 Å². The van der Waals surface area contributed by atoms with E-state index in [2.05, 4.69) is 10.1 Å². The smallest absolute Gasteiger partial charge is 0.378 e. The molecule has 0 atom stereocenters. The number of nitrogens with zero attached hydrogens (tertiary/aromatic N) is 3. The van der Waals surface area contributed by atoms with Crippen LogP contribution in [-0.4, -0.2) is 42.0 Å². The Morgan fingerprint density at radius 3 is 2.43 bits per heavy atom. The third-order valence-corrected chi connectivity index (χ3v) is 3.89. The molecule has 0 amide bonds. The first kappa shape index (κ1) is 15.2. The zero-order chi connectivity index (χ0) is 15.6. The quantitative estimate of drug-likeness (QED) is 0.784. The first-order valence-corrected chi connectivity index (χ1v) is 8.10. The van der Waals surface area contributed by atoms with Gasteiger partial charge in [0.25, 0.3) is 5.82 Å². The minimum Gasteiger partial charge on any atom is -0.460 e. The Kier molecular flexibility index (Phi) is 4.08. The van der Waals surface area contributed by atoms with Gasteiger partial charge in [0.05, 0.1) is 11.5 Å². The second-order valence-corrected chi connectivity index (χ2v) is 6.42. The molecular weight excluding hydrogens is 294 g/mol. The van der Waals surface area contributed by atoms with Crippen molar-refractivity contribution in [1.29, 1.82) is 0 Å². The summed E-state index contributed by atoms with van der Waals surface area (Å²) in [6.45, 7) is 1.95. The number of aryl methyl sites for hydroxylation is 1. The lowest BCUT2D eigenvalue weighted by Gasteiger charge is -2.01. The number of carbonyl (C=O) groups excluding carboxylic acids is 1. The molecule has 1 aromatic heterocycles. The Morgan fingerprint density at radius 1 is 1.29 bits per heavy atom. The molecule has 21 heavy (non-hydrogen) atoms. The van der Waals surface area contributed by atoms with Crippen molar-refractivity contribution in [2.24, 2.45) is 7.05 Å². The third kappa shape index (κ3) is 3.27. The molecule has 7 nitrogen and oxygen atoms in total. The van der Waals surface area contributed by atoms with Crippen LogP contribution in [0.1, 0.15) is 17.5 Å². The molecular formula is C13H15N3O4S. The van der Waals surface area contributed by atoms with E-state index >= 15 is 0 Å². The van der Waals surface area contributed by atoms with Crippen LogP contribution in [0, 0.1) is 0 Å². The zero-order valence-corrected chi connectivity index (χ0v) is 12.7. The largest absolute Gasteiger partial charge is 0.460 e. The van der Waals surface area contributed by atoms with E-state index in [1.165, 1.54) is 16.8 Å². The molecule has 0 saturated heterocycles. The molecule has 0 saturated carbocycles. The van der Waals surface area contributed by atoms with Gasteiger partial charge < -0.3 is 4.74 Å². The van der Waals surface area contributed by atoms with E-state index in [4.69, 9.17) is 4.74 Å². The number of rotatable bonds is 4. The molecule has 1 heterocycles. The highest BCUT2D eigenvalue weighted by Crippen LogP contribution is 2.19. The van der Waals surface area contributed by atoms with E-state index in [9.17, 15) is 13.2 Å². The monoisotopic (exact) mass is 309 g/mol. The second-order valence-electron chi connectivity index (χ2n) is 4.40. The van der Waals surface area contributed by atoms with Crippen molar-refractivity contribution in [2.45, 2.75) is 11.8 Å². The van der Waals surface area contributed by atoms with E-state index in [0.29, 0.717) is 11.4 Å². The van der Waals surface area contributed by atoms with Crippen molar-refractivity contribution < 1.29 is 17.9 Å². The molecule has 0 aliphatic carbocycles. The van der Waals surface area contributed by atoms with Crippen LogP contribution in [0.4, 0.5) is 0 Å². The highest BCUT2D eigenvalue weighted by Gasteiger charge is 2.17. The fourth-order valence-corrected chi connectivity index (χ4v) is 2.40. The molecule has 0 fully saturated rings. The number of benzene rings is 1. The molecule has 2 rings (SSSR count). The van der Waals surface area contributed by atoms with Crippen LogP contribution >= 0.6 is 0 Å². The van der Waals surface area contributed by atoms with E-state index in [0.717, 1.165) is 6.26 Å². The molecule has 2 aromatic rings. The van der Waals surface area contributed by atoms with Crippen LogP contribution in [0.2, 0.25) is 0 Å². The number of hydrogen-bond acceptors (Lipinski definition) is 6. The van der Waals surface area contributed by atoms with Crippen LogP contribution in [0.5, 0.6) is 0 Å². The summed E-state index contributed by atoms with van der Waals surface area (Å²) in [6, 6.07) is 6.22. The van der Waals surface area contributed by atoms with Crippen molar-refractivity contribution in [3.8, 4) is 11.4 Å². The summed E-state index contributed by atoms with van der Waals surface area (Å²) >= 11 is 0. The van der Waals surface area contributed by atoms with Crippen LogP contribution < -0.4 is 0 Å². The van der Waals surface area contributed by atoms with Gasteiger partial charge in [0, 0.05) is 18.9 Å². The standard InChI is InChI=1S/C13H15N3O4S/c1-4-20-13(17)11-14-12(16(2)15-11)9-5-7-10(8-6-9)21(3,18)19/h5-8H,4H2,1-3H3. The number of esters is 1. The van der Waals surface area contributed by atoms with Crippen LogP contribution in [0.3, 0.4) is 0 Å². The summed E-state index contributed by atoms with van der Waals surface area (Å²) in [7, 11) is -1.60. The predicted octanol–water partition coefficient (Wildman–Crippen LogP) is 1.06. The van der Waals surface area contributed by atoms with Crippen LogP contribution in [-0.2, 0) is 21.6 Å². The minimum atomic E-state index is -3.24. The minimum absolute atomic E-state index is 0.0264. The molecule has 8 heteroatoms. The van der Waals surface area contributed by atoms with Crippen LogP contribution in [0.25, 0.3) is 11.4 Å². The van der Waals surface area contributed by atoms with Crippen LogP contribution in [0.15, 0.2) is 29.2 Å². The fraction of sp³-hybridized carbons (Fsp3) is 0.308. The normalized spacial score (nSPS) is 11.4. The maximum Gasteiger partial charge on any atom is 0.378 e. The SMILES string of the molecule is CCOC(=O)c1nc(-c2ccc(S(C)(=O)=O)cc2)n(C)n1. The van der Waals surface area contributed by atoms with Crippen molar-refractivity contribution in [2.75, 3.05) is 12.9 Å². The maximum atomic E-state index is 11.6. The summed E-state index contributed by atoms with van der Waals surface area (Å²) in [5.74, 6) is -0.160. The van der Waals surface area contributed by atoms with Gasteiger partial charge >= 0.3 is 5.97 Å². The summed E-state index contributed by atoms with van der Waals surface area (Å²) in [5, 5.41) is 3.99. The van der Waals surface area contributed by atoms with Gasteiger partial charge in [0.15, 0.2) is 15.7 Å². The number of carbonyl (C=O) groups is 1. The summed E-state index contributed by atoms with van der Waals surface area (Å²) < 4.78 is 29.1. The Morgan fingerprint density at radius 2 is 1.90 bits per heavy atom. The first-order chi connectivity index (χ1) is 9.82. The van der Waals surface area contributed by atoms with E-state index < -0.39 is 15.8 Å². The fourth-order valence-electron chi connectivity index (χ4n) is 1.77. The Bertz CT molecular complexity index is 763. The maximum absolute atomic E-state index is 11.6. The Labute approximate surface area is 122 Å². The molecule has 0 aliphatic heterocycles. The average molecular weight is 309 g/mol. The lowest BCUT2D eigenvalue weighted by molar-refractivity contribution is 0.0512. The predicted molar refractivity (Wildman–Crippen MR) is 75.5 cm³/mol. The number of sulfone groups is 1. The van der Waals surface area contributed by atoms with Gasteiger partial charge in [0.1, 0.15) is 0 Å². The van der Waals surface area contributed by atoms with Gasteiger partial charge in [0.2, 0.25) is 0 Å². The van der Waals surface area contributed by atoms with Crippen molar-refractivity contribution in [3.63, 3.8) is 0 Å². The van der Waals surface area contributed by atoms with Gasteiger partial charge in [-0.05, 0) is 31.2 Å². The Hall–Kier alpha value is -2.22. The van der Waals surface area contributed by atoms with Crippen molar-refractivity contribution in [1.82, 2.24) is 14.8 Å². The number of aromatic nitrogens is 3. The summed E-state index contributed by atoms with van der Waals surface area (Å²) in [5.41, 5.74) is 0.660. The van der Waals surface area contributed by atoms with E-state index in [1.54, 1.807) is 26.1 Å². The lowest BCUT2D eigenvalue weighted by Crippen LogP contribution is -2.07. The molecule has 0 radical (unpaired) electrons. The highest BCUT2D eigenvalue weighted by atomic mass is 32.2. The molecule has 112 valence electrons. The van der Waals surface area contributed by atoms with E-state index in [-0.39, 0.29) is 17.3 Å². The summed E-state index contributed by atoms with van der Waals surface area (Å²) in [4.78, 5) is 15.9. The molecule has 0 aliphatic rings. The van der Waals surface area contributed by atoms with Gasteiger partial charge in [-0.3, -0.25) is 0 Å². The molecule has 1 aromatic carbocycles. The molecule has 0 spiro atoms. The zero-order valence-electron chi connectivity index (χ0n) is 11.9. The number of hydrogen-bond donors (Lipinski definition) is 0. The second kappa shape index (κ2) is 5.65. The molecule has 0 bridgehead atoms. The topological polar surface area (TPSA) is 91.1 Å². The highest BCUT2D eigenvalue weighted by molar-refractivity contribution is 7.90. The Balaban J connectivity index is 2.36. The van der Waals surface area contributed by atoms with Crippen molar-refractivity contribution in [3.05, 3.63) is 30.1 Å². The lowest BCUT2D eigenvalue weighted by atomic mass is 10.2. The molecule has 0 N–H and O–H groups in total. The number of ether oxygens (including phenoxy) is 1. The molecule has 0 unspecified atom stereocenters. The van der Waals surface area contributed by atoms with Gasteiger partial charge in [-0.15, -0.1) is 5.10 Å². The third-order valence-electron chi connectivity index (χ3n) is 2.76. The van der Waals surface area contributed by atoms with Gasteiger partial charge in [-0.1, -0.05) is 0 Å². The van der Waals surface area contributed by atoms with E-state index in [1.807, 2.05) is 0 Å². The summed E-state index contributed by atoms with van der Waals surface area (Å²) in [6.07, 6.45) is 1.14. The average Bonchev–Trinajstić information content (AvgIpc) is 2.80.